The highest BCUT2D eigenvalue weighted by Gasteiger charge is 2.10. The van der Waals surface area contributed by atoms with Crippen molar-refractivity contribution in [3.8, 4) is 5.75 Å². The van der Waals surface area contributed by atoms with E-state index in [0.29, 0.717) is 15.1 Å². The summed E-state index contributed by atoms with van der Waals surface area (Å²) >= 11 is 12.5. The number of carbonyl (C=O) groups excluding carboxylic acids is 1. The minimum Gasteiger partial charge on any atom is -0.506 e. The number of carbonyl (C=O) groups is 1. The van der Waals surface area contributed by atoms with E-state index in [9.17, 15) is 9.90 Å². The van der Waals surface area contributed by atoms with Crippen molar-refractivity contribution >= 4 is 61.3 Å². The Hall–Kier alpha value is -1.57. The molecule has 0 aliphatic heterocycles. The van der Waals surface area contributed by atoms with Crippen LogP contribution in [0.1, 0.15) is 11.1 Å². The number of nitrogens with one attached hydrogen (secondary N) is 2. The molecule has 2 aromatic rings. The number of hydrogen-bond donors (Lipinski definition) is 3. The quantitative estimate of drug-likeness (QED) is 0.442. The van der Waals surface area contributed by atoms with Crippen LogP contribution in [0.15, 0.2) is 44.4 Å². The summed E-state index contributed by atoms with van der Waals surface area (Å²) in [6, 6.07) is 8.74. The number of benzene rings is 2. The second kappa shape index (κ2) is 8.50. The van der Waals surface area contributed by atoms with Crippen LogP contribution in [0.3, 0.4) is 0 Å². The monoisotopic (exact) mass is 473 g/mol. The first-order chi connectivity index (χ1) is 11.4. The van der Waals surface area contributed by atoms with Crippen molar-refractivity contribution in [1.29, 1.82) is 0 Å². The molecule has 0 aliphatic rings. The summed E-state index contributed by atoms with van der Waals surface area (Å²) in [4.78, 5) is 11.8. The summed E-state index contributed by atoms with van der Waals surface area (Å²) < 4.78 is 1.40. The largest absolute Gasteiger partial charge is 0.506 e. The van der Waals surface area contributed by atoms with Gasteiger partial charge in [-0.15, -0.1) is 0 Å². The molecule has 2 rings (SSSR count). The zero-order valence-corrected chi connectivity index (χ0v) is 16.5. The Labute approximate surface area is 161 Å². The normalized spacial score (nSPS) is 10.8. The van der Waals surface area contributed by atoms with Gasteiger partial charge in [0.1, 0.15) is 5.75 Å². The van der Waals surface area contributed by atoms with Gasteiger partial charge in [0.25, 0.3) is 5.91 Å². The molecule has 0 saturated carbocycles. The molecule has 0 unspecified atom stereocenters. The SMILES string of the molecule is Cc1c(Br)cc(/C=N/NC(=O)CNc2ccc(Cl)cc2)c(O)c1Br. The number of nitrogens with zero attached hydrogens (tertiary/aromatic N) is 1. The van der Waals surface area contributed by atoms with E-state index in [1.807, 2.05) is 6.92 Å². The summed E-state index contributed by atoms with van der Waals surface area (Å²) in [7, 11) is 0. The maximum atomic E-state index is 11.8. The molecule has 0 heterocycles. The number of phenols is 1. The molecule has 0 atom stereocenters. The lowest BCUT2D eigenvalue weighted by Gasteiger charge is -2.08. The average Bonchev–Trinajstić information content (AvgIpc) is 2.57. The molecule has 24 heavy (non-hydrogen) atoms. The topological polar surface area (TPSA) is 73.7 Å². The lowest BCUT2D eigenvalue weighted by atomic mass is 10.1. The van der Waals surface area contributed by atoms with Crippen LogP contribution in [0.4, 0.5) is 5.69 Å². The highest BCUT2D eigenvalue weighted by Crippen LogP contribution is 2.35. The lowest BCUT2D eigenvalue weighted by Crippen LogP contribution is -2.25. The van der Waals surface area contributed by atoms with Crippen molar-refractivity contribution in [3.63, 3.8) is 0 Å². The molecule has 3 N–H and O–H groups in total. The number of amides is 1. The molecule has 0 fully saturated rings. The maximum absolute atomic E-state index is 11.8. The fraction of sp³-hybridized carbons (Fsp3) is 0.125. The van der Waals surface area contributed by atoms with Crippen LogP contribution in [0, 0.1) is 6.92 Å². The summed E-state index contributed by atoms with van der Waals surface area (Å²) in [6.07, 6.45) is 1.38. The van der Waals surface area contributed by atoms with Gasteiger partial charge in [0.2, 0.25) is 0 Å². The van der Waals surface area contributed by atoms with E-state index in [1.54, 1.807) is 30.3 Å². The first-order valence-electron chi connectivity index (χ1n) is 6.87. The van der Waals surface area contributed by atoms with Gasteiger partial charge in [-0.05, 0) is 58.7 Å². The van der Waals surface area contributed by atoms with Gasteiger partial charge in [0.05, 0.1) is 17.2 Å². The first-order valence-corrected chi connectivity index (χ1v) is 8.83. The molecule has 0 aromatic heterocycles. The van der Waals surface area contributed by atoms with Gasteiger partial charge in [0, 0.05) is 20.7 Å². The third kappa shape index (κ3) is 4.96. The van der Waals surface area contributed by atoms with Crippen molar-refractivity contribution in [3.05, 3.63) is 55.4 Å². The predicted molar refractivity (Wildman–Crippen MR) is 104 cm³/mol. The molecule has 1 amide bonds. The first kappa shape index (κ1) is 18.8. The zero-order valence-electron chi connectivity index (χ0n) is 12.6. The molecule has 2 aromatic carbocycles. The van der Waals surface area contributed by atoms with Crippen molar-refractivity contribution in [2.24, 2.45) is 5.10 Å². The molecular weight excluding hydrogens is 461 g/mol. The zero-order chi connectivity index (χ0) is 17.7. The Bertz CT molecular complexity index is 780. The Morgan fingerprint density at radius 3 is 2.67 bits per heavy atom. The smallest absolute Gasteiger partial charge is 0.259 e. The van der Waals surface area contributed by atoms with Crippen LogP contribution in [0.5, 0.6) is 5.75 Å². The molecule has 5 nitrogen and oxygen atoms in total. The molecule has 0 spiro atoms. The van der Waals surface area contributed by atoms with Gasteiger partial charge in [-0.1, -0.05) is 27.5 Å². The highest BCUT2D eigenvalue weighted by atomic mass is 79.9. The van der Waals surface area contributed by atoms with E-state index in [1.165, 1.54) is 6.21 Å². The molecule has 0 bridgehead atoms. The van der Waals surface area contributed by atoms with Crippen molar-refractivity contribution < 1.29 is 9.90 Å². The molecular formula is C16H14Br2ClN3O2. The van der Waals surface area contributed by atoms with Gasteiger partial charge in [0.15, 0.2) is 0 Å². The van der Waals surface area contributed by atoms with Gasteiger partial charge in [-0.25, -0.2) is 5.43 Å². The van der Waals surface area contributed by atoms with Gasteiger partial charge >= 0.3 is 0 Å². The molecule has 0 aliphatic carbocycles. The number of rotatable bonds is 5. The van der Waals surface area contributed by atoms with Crippen LogP contribution >= 0.6 is 43.5 Å². The predicted octanol–water partition coefficient (Wildman–Crippen LogP) is 4.44. The lowest BCUT2D eigenvalue weighted by molar-refractivity contribution is -0.119. The van der Waals surface area contributed by atoms with E-state index in [4.69, 9.17) is 11.6 Å². The van der Waals surface area contributed by atoms with Crippen LogP contribution in [-0.2, 0) is 4.79 Å². The summed E-state index contributed by atoms with van der Waals surface area (Å²) in [6.45, 7) is 1.92. The van der Waals surface area contributed by atoms with E-state index >= 15 is 0 Å². The maximum Gasteiger partial charge on any atom is 0.259 e. The number of phenolic OH excluding ortho intramolecular Hbond substituents is 1. The van der Waals surface area contributed by atoms with Gasteiger partial charge in [-0.3, -0.25) is 4.79 Å². The van der Waals surface area contributed by atoms with Crippen LogP contribution in [0.2, 0.25) is 5.02 Å². The van der Waals surface area contributed by atoms with Crippen LogP contribution in [-0.4, -0.2) is 23.8 Å². The average molecular weight is 476 g/mol. The Morgan fingerprint density at radius 1 is 1.33 bits per heavy atom. The highest BCUT2D eigenvalue weighted by molar-refractivity contribution is 9.11. The van der Waals surface area contributed by atoms with E-state index in [2.05, 4.69) is 47.7 Å². The van der Waals surface area contributed by atoms with Crippen molar-refractivity contribution in [2.45, 2.75) is 6.92 Å². The molecule has 126 valence electrons. The summed E-state index contributed by atoms with van der Waals surface area (Å²) in [5.41, 5.74) is 4.53. The molecule has 0 saturated heterocycles. The Morgan fingerprint density at radius 2 is 2.00 bits per heavy atom. The summed E-state index contributed by atoms with van der Waals surface area (Å²) in [5.74, 6) is -0.251. The van der Waals surface area contributed by atoms with Crippen molar-refractivity contribution in [1.82, 2.24) is 5.43 Å². The fourth-order valence-corrected chi connectivity index (χ4v) is 3.06. The Kier molecular flexibility index (Phi) is 6.65. The van der Waals surface area contributed by atoms with E-state index < -0.39 is 0 Å². The van der Waals surface area contributed by atoms with E-state index in [0.717, 1.165) is 15.7 Å². The molecule has 0 radical (unpaired) electrons. The number of aromatic hydroxyl groups is 1. The fourth-order valence-electron chi connectivity index (χ4n) is 1.78. The van der Waals surface area contributed by atoms with Crippen molar-refractivity contribution in [2.75, 3.05) is 11.9 Å². The number of hydrogen-bond acceptors (Lipinski definition) is 4. The third-order valence-corrected chi connectivity index (χ3v) is 5.19. The van der Waals surface area contributed by atoms with Crippen LogP contribution in [0.25, 0.3) is 0 Å². The summed E-state index contributed by atoms with van der Waals surface area (Å²) in [5, 5.41) is 17.5. The number of halogens is 3. The second-order valence-corrected chi connectivity index (χ2v) is 6.97. The number of hydrazone groups is 1. The standard InChI is InChI=1S/C16H14Br2ClN3O2/c1-9-13(17)6-10(16(24)15(9)18)7-21-22-14(23)8-20-12-4-2-11(19)3-5-12/h2-7,20,24H,8H2,1H3,(H,22,23)/b21-7+. The third-order valence-electron chi connectivity index (χ3n) is 3.14. The van der Waals surface area contributed by atoms with Crippen LogP contribution < -0.4 is 10.7 Å². The second-order valence-electron chi connectivity index (χ2n) is 4.89. The number of anilines is 1. The minimum atomic E-state index is -0.314. The van der Waals surface area contributed by atoms with Gasteiger partial charge in [-0.2, -0.15) is 5.10 Å². The van der Waals surface area contributed by atoms with Gasteiger partial charge < -0.3 is 10.4 Å². The minimum absolute atomic E-state index is 0.0617. The Balaban J connectivity index is 1.92. The van der Waals surface area contributed by atoms with E-state index in [-0.39, 0.29) is 18.2 Å². The molecule has 8 heteroatoms.